The van der Waals surface area contributed by atoms with Crippen LogP contribution >= 0.6 is 0 Å². The Morgan fingerprint density at radius 2 is 1.93 bits per heavy atom. The summed E-state index contributed by atoms with van der Waals surface area (Å²) in [5, 5.41) is 2.88. The molecule has 29 heavy (non-hydrogen) atoms. The van der Waals surface area contributed by atoms with Gasteiger partial charge in [0, 0.05) is 29.9 Å². The van der Waals surface area contributed by atoms with Crippen LogP contribution in [-0.2, 0) is 16.0 Å². The van der Waals surface area contributed by atoms with Crippen LogP contribution in [0.5, 0.6) is 11.5 Å². The number of nitrogens with one attached hydrogen (secondary N) is 1. The third kappa shape index (κ3) is 4.11. The molecule has 2 aliphatic heterocycles. The lowest BCUT2D eigenvalue weighted by Crippen LogP contribution is -2.38. The van der Waals surface area contributed by atoms with E-state index in [0.29, 0.717) is 23.7 Å². The van der Waals surface area contributed by atoms with Gasteiger partial charge in [-0.2, -0.15) is 0 Å². The molecule has 0 atom stereocenters. The predicted molar refractivity (Wildman–Crippen MR) is 112 cm³/mol. The Hall–Kier alpha value is -3.28. The van der Waals surface area contributed by atoms with E-state index >= 15 is 0 Å². The molecule has 0 aliphatic carbocycles. The van der Waals surface area contributed by atoms with Crippen molar-refractivity contribution in [3.8, 4) is 11.5 Å². The van der Waals surface area contributed by atoms with Crippen molar-refractivity contribution < 1.29 is 19.1 Å². The van der Waals surface area contributed by atoms with Gasteiger partial charge in [-0.1, -0.05) is 26.0 Å². The molecular weight excluding hydrogens is 368 g/mol. The zero-order chi connectivity index (χ0) is 20.4. The van der Waals surface area contributed by atoms with Crippen LogP contribution in [0.2, 0.25) is 0 Å². The summed E-state index contributed by atoms with van der Waals surface area (Å²) in [5.41, 5.74) is 3.56. The molecule has 6 nitrogen and oxygen atoms in total. The van der Waals surface area contributed by atoms with Gasteiger partial charge in [0.05, 0.1) is 0 Å². The maximum Gasteiger partial charge on any atom is 0.248 e. The van der Waals surface area contributed by atoms with E-state index in [4.69, 9.17) is 9.47 Å². The van der Waals surface area contributed by atoms with Crippen LogP contribution in [0.3, 0.4) is 0 Å². The first kappa shape index (κ1) is 19.1. The fourth-order valence-electron chi connectivity index (χ4n) is 3.57. The molecule has 1 N–H and O–H groups in total. The fraction of sp³-hybridized carbons (Fsp3) is 0.304. The Morgan fingerprint density at radius 1 is 1.10 bits per heavy atom. The lowest BCUT2D eigenvalue weighted by Gasteiger charge is -2.31. The molecule has 2 aromatic carbocycles. The van der Waals surface area contributed by atoms with Gasteiger partial charge in [0.25, 0.3) is 0 Å². The fourth-order valence-corrected chi connectivity index (χ4v) is 3.57. The molecule has 0 saturated carbocycles. The van der Waals surface area contributed by atoms with Crippen LogP contribution in [-0.4, -0.2) is 25.2 Å². The number of hydrogen-bond donors (Lipinski definition) is 1. The van der Waals surface area contributed by atoms with E-state index in [2.05, 4.69) is 5.32 Å². The van der Waals surface area contributed by atoms with Crippen LogP contribution in [0, 0.1) is 5.92 Å². The molecule has 2 aromatic rings. The third-order valence-corrected chi connectivity index (χ3v) is 5.06. The molecule has 150 valence electrons. The number of hydrogen-bond acceptors (Lipinski definition) is 4. The second-order valence-electron chi connectivity index (χ2n) is 7.53. The highest BCUT2D eigenvalue weighted by atomic mass is 16.7. The average molecular weight is 392 g/mol. The summed E-state index contributed by atoms with van der Waals surface area (Å²) < 4.78 is 10.6. The van der Waals surface area contributed by atoms with E-state index in [0.717, 1.165) is 29.7 Å². The highest BCUT2D eigenvalue weighted by molar-refractivity contribution is 6.03. The summed E-state index contributed by atoms with van der Waals surface area (Å²) in [5.74, 6) is 1.19. The number of fused-ring (bicyclic) bond motifs is 2. The molecule has 0 bridgehead atoms. The molecule has 6 heteroatoms. The number of nitrogens with zero attached hydrogens (tertiary/aromatic N) is 1. The van der Waals surface area contributed by atoms with E-state index < -0.39 is 0 Å². The Kier molecular flexibility index (Phi) is 5.25. The van der Waals surface area contributed by atoms with Gasteiger partial charge in [-0.3, -0.25) is 9.59 Å². The standard InChI is InChI=1S/C23H24N2O4/c1-15(2)23(27)25-11-3-4-17-7-8-18(13-19(17)25)24-22(26)10-6-16-5-9-20-21(12-16)29-14-28-20/h5-10,12-13,15H,3-4,11,14H2,1-2H3,(H,24,26)/b10-6+. The summed E-state index contributed by atoms with van der Waals surface area (Å²) in [6, 6.07) is 11.3. The zero-order valence-electron chi connectivity index (χ0n) is 16.6. The van der Waals surface area contributed by atoms with Crippen molar-refractivity contribution in [3.63, 3.8) is 0 Å². The summed E-state index contributed by atoms with van der Waals surface area (Å²) >= 11 is 0. The minimum Gasteiger partial charge on any atom is -0.454 e. The van der Waals surface area contributed by atoms with Gasteiger partial charge < -0.3 is 19.7 Å². The van der Waals surface area contributed by atoms with E-state index in [-0.39, 0.29) is 24.5 Å². The zero-order valence-corrected chi connectivity index (χ0v) is 16.6. The SMILES string of the molecule is CC(C)C(=O)N1CCCc2ccc(NC(=O)/C=C/c3ccc4c(c3)OCO4)cc21. The Balaban J connectivity index is 1.47. The van der Waals surface area contributed by atoms with Gasteiger partial charge in [0.15, 0.2) is 11.5 Å². The van der Waals surface area contributed by atoms with Crippen molar-refractivity contribution in [3.05, 3.63) is 53.6 Å². The third-order valence-electron chi connectivity index (χ3n) is 5.06. The van der Waals surface area contributed by atoms with Crippen LogP contribution < -0.4 is 19.7 Å². The molecule has 2 heterocycles. The second kappa shape index (κ2) is 7.99. The maximum atomic E-state index is 12.5. The van der Waals surface area contributed by atoms with E-state index in [1.54, 1.807) is 6.08 Å². The predicted octanol–water partition coefficient (Wildman–Crippen LogP) is 4.00. The molecule has 2 aliphatic rings. The van der Waals surface area contributed by atoms with E-state index in [1.165, 1.54) is 6.08 Å². The van der Waals surface area contributed by atoms with Crippen LogP contribution in [0.4, 0.5) is 11.4 Å². The Bertz CT molecular complexity index is 981. The minimum absolute atomic E-state index is 0.0659. The summed E-state index contributed by atoms with van der Waals surface area (Å²) in [6.45, 7) is 4.75. The molecule has 0 aromatic heterocycles. The maximum absolute atomic E-state index is 12.5. The molecule has 0 spiro atoms. The van der Waals surface area contributed by atoms with Gasteiger partial charge in [-0.15, -0.1) is 0 Å². The lowest BCUT2D eigenvalue weighted by atomic mass is 9.99. The molecule has 0 fully saturated rings. The van der Waals surface area contributed by atoms with Crippen molar-refractivity contribution in [2.45, 2.75) is 26.7 Å². The molecule has 0 saturated heterocycles. The first-order valence-electron chi connectivity index (χ1n) is 9.84. The summed E-state index contributed by atoms with van der Waals surface area (Å²) in [7, 11) is 0. The van der Waals surface area contributed by atoms with Crippen molar-refractivity contribution in [2.24, 2.45) is 5.92 Å². The molecule has 0 unspecified atom stereocenters. The number of rotatable bonds is 4. The van der Waals surface area contributed by atoms with Crippen molar-refractivity contribution >= 4 is 29.3 Å². The number of carbonyl (C=O) groups is 2. The largest absolute Gasteiger partial charge is 0.454 e. The van der Waals surface area contributed by atoms with Gasteiger partial charge in [0.1, 0.15) is 0 Å². The van der Waals surface area contributed by atoms with E-state index in [9.17, 15) is 9.59 Å². The summed E-state index contributed by atoms with van der Waals surface area (Å²) in [4.78, 5) is 26.8. The first-order valence-corrected chi connectivity index (χ1v) is 9.84. The number of benzene rings is 2. The van der Waals surface area contributed by atoms with E-state index in [1.807, 2.05) is 55.1 Å². The smallest absolute Gasteiger partial charge is 0.248 e. The van der Waals surface area contributed by atoms with Crippen LogP contribution in [0.25, 0.3) is 6.08 Å². The van der Waals surface area contributed by atoms with Crippen molar-refractivity contribution in [1.82, 2.24) is 0 Å². The molecule has 2 amide bonds. The number of carbonyl (C=O) groups excluding carboxylic acids is 2. The van der Waals surface area contributed by atoms with Gasteiger partial charge >= 0.3 is 0 Å². The Labute approximate surface area is 170 Å². The second-order valence-corrected chi connectivity index (χ2v) is 7.53. The van der Waals surface area contributed by atoms with Crippen molar-refractivity contribution in [1.29, 1.82) is 0 Å². The van der Waals surface area contributed by atoms with Gasteiger partial charge in [0.2, 0.25) is 18.6 Å². The van der Waals surface area contributed by atoms with Crippen LogP contribution in [0.1, 0.15) is 31.4 Å². The number of amides is 2. The van der Waals surface area contributed by atoms with Gasteiger partial charge in [-0.25, -0.2) is 0 Å². The number of ether oxygens (including phenoxy) is 2. The minimum atomic E-state index is -0.236. The highest BCUT2D eigenvalue weighted by Gasteiger charge is 2.24. The molecule has 0 radical (unpaired) electrons. The normalized spacial score (nSPS) is 14.9. The number of anilines is 2. The van der Waals surface area contributed by atoms with Crippen molar-refractivity contribution in [2.75, 3.05) is 23.6 Å². The van der Waals surface area contributed by atoms with Gasteiger partial charge in [-0.05, 0) is 54.3 Å². The number of aryl methyl sites for hydroxylation is 1. The monoisotopic (exact) mass is 392 g/mol. The Morgan fingerprint density at radius 3 is 2.76 bits per heavy atom. The molecular formula is C23H24N2O4. The quantitative estimate of drug-likeness (QED) is 0.799. The van der Waals surface area contributed by atoms with Crippen LogP contribution in [0.15, 0.2) is 42.5 Å². The topological polar surface area (TPSA) is 67.9 Å². The molecule has 4 rings (SSSR count). The summed E-state index contributed by atoms with van der Waals surface area (Å²) in [6.07, 6.45) is 5.10. The lowest BCUT2D eigenvalue weighted by molar-refractivity contribution is -0.121. The average Bonchev–Trinajstić information content (AvgIpc) is 3.19. The first-order chi connectivity index (χ1) is 14.0. The highest BCUT2D eigenvalue weighted by Crippen LogP contribution is 2.33.